The topological polar surface area (TPSA) is 60.4 Å². The third-order valence-electron chi connectivity index (χ3n) is 2.28. The third kappa shape index (κ3) is 5.03. The first-order valence-corrected chi connectivity index (χ1v) is 7.68. The number of benzene rings is 1. The molecule has 1 rings (SSSR count). The van der Waals surface area contributed by atoms with Gasteiger partial charge < -0.3 is 4.74 Å². The Morgan fingerprint density at radius 2 is 1.58 bits per heavy atom. The maximum absolute atomic E-state index is 12.1. The van der Waals surface area contributed by atoms with Gasteiger partial charge in [-0.15, -0.1) is 0 Å². The molecule has 0 unspecified atom stereocenters. The first-order valence-electron chi connectivity index (χ1n) is 6.02. The summed E-state index contributed by atoms with van der Waals surface area (Å²) < 4.78 is 29.3. The zero-order valence-corrected chi connectivity index (χ0v) is 12.8. The monoisotopic (exact) mass is 284 g/mol. The fourth-order valence-electron chi connectivity index (χ4n) is 1.72. The zero-order valence-electron chi connectivity index (χ0n) is 12.0. The lowest BCUT2D eigenvalue weighted by Gasteiger charge is -2.19. The summed E-state index contributed by atoms with van der Waals surface area (Å²) in [7, 11) is -3.65. The lowest BCUT2D eigenvalue weighted by atomic mass is 10.2. The molecule has 0 bridgehead atoms. The molecule has 1 aromatic rings. The number of ether oxygens (including phenoxy) is 1. The quantitative estimate of drug-likeness (QED) is 0.800. The Balaban J connectivity index is 2.96. The van der Waals surface area contributed by atoms with Crippen LogP contribution in [0.1, 0.15) is 31.9 Å². The van der Waals surface area contributed by atoms with Gasteiger partial charge in [0.1, 0.15) is 5.60 Å². The van der Waals surface area contributed by atoms with Crippen LogP contribution in [0, 0.1) is 13.8 Å². The Kier molecular flexibility index (Phi) is 4.40. The highest BCUT2D eigenvalue weighted by molar-refractivity contribution is 7.92. The van der Waals surface area contributed by atoms with E-state index in [1.54, 1.807) is 32.9 Å². The lowest BCUT2D eigenvalue weighted by Crippen LogP contribution is -2.28. The fourth-order valence-corrected chi connectivity index (χ4v) is 2.99. The van der Waals surface area contributed by atoms with E-state index in [2.05, 4.69) is 0 Å². The Bertz CT molecular complexity index is 560. The number of esters is 1. The average Bonchev–Trinajstić information content (AvgIpc) is 2.11. The van der Waals surface area contributed by atoms with Gasteiger partial charge >= 0.3 is 5.97 Å². The highest BCUT2D eigenvalue weighted by Gasteiger charge is 2.24. The Morgan fingerprint density at radius 3 is 2.00 bits per heavy atom. The summed E-state index contributed by atoms with van der Waals surface area (Å²) in [6.45, 7) is 8.75. The zero-order chi connectivity index (χ0) is 14.8. The van der Waals surface area contributed by atoms with E-state index in [1.807, 2.05) is 19.9 Å². The first kappa shape index (κ1) is 15.7. The van der Waals surface area contributed by atoms with Crippen molar-refractivity contribution in [1.82, 2.24) is 0 Å². The van der Waals surface area contributed by atoms with Crippen LogP contribution in [0.3, 0.4) is 0 Å². The van der Waals surface area contributed by atoms with E-state index in [4.69, 9.17) is 4.74 Å². The number of aryl methyl sites for hydroxylation is 2. The molecule has 0 radical (unpaired) electrons. The van der Waals surface area contributed by atoms with Crippen LogP contribution in [0.15, 0.2) is 23.1 Å². The first-order chi connectivity index (χ1) is 8.49. The molecule has 0 N–H and O–H groups in total. The van der Waals surface area contributed by atoms with Gasteiger partial charge in [0, 0.05) is 0 Å². The molecule has 0 heterocycles. The second kappa shape index (κ2) is 5.33. The molecule has 0 atom stereocenters. The summed E-state index contributed by atoms with van der Waals surface area (Å²) in [6, 6.07) is 5.01. The van der Waals surface area contributed by atoms with Gasteiger partial charge in [-0.3, -0.25) is 4.79 Å². The molecule has 106 valence electrons. The molecular weight excluding hydrogens is 264 g/mol. The van der Waals surface area contributed by atoms with Gasteiger partial charge in [-0.25, -0.2) is 8.42 Å². The molecule has 0 saturated heterocycles. The maximum Gasteiger partial charge on any atom is 0.322 e. The smallest absolute Gasteiger partial charge is 0.322 e. The van der Waals surface area contributed by atoms with Crippen LogP contribution in [0.5, 0.6) is 0 Å². The van der Waals surface area contributed by atoms with E-state index >= 15 is 0 Å². The molecular formula is C14H20O4S. The van der Waals surface area contributed by atoms with E-state index in [9.17, 15) is 13.2 Å². The van der Waals surface area contributed by atoms with Crippen molar-refractivity contribution in [1.29, 1.82) is 0 Å². The Morgan fingerprint density at radius 1 is 1.11 bits per heavy atom. The van der Waals surface area contributed by atoms with Crippen molar-refractivity contribution in [2.75, 3.05) is 5.75 Å². The summed E-state index contributed by atoms with van der Waals surface area (Å²) in [5.41, 5.74) is 1.01. The van der Waals surface area contributed by atoms with Gasteiger partial charge in [0.25, 0.3) is 0 Å². The molecule has 0 aromatic heterocycles. The third-order valence-corrected chi connectivity index (χ3v) is 3.85. The molecule has 0 aliphatic carbocycles. The van der Waals surface area contributed by atoms with Crippen molar-refractivity contribution in [3.63, 3.8) is 0 Å². The Hall–Kier alpha value is -1.36. The minimum Gasteiger partial charge on any atom is -0.459 e. The van der Waals surface area contributed by atoms with Crippen molar-refractivity contribution in [2.24, 2.45) is 0 Å². The van der Waals surface area contributed by atoms with Crippen LogP contribution in [0.25, 0.3) is 0 Å². The van der Waals surface area contributed by atoms with Gasteiger partial charge in [-0.1, -0.05) is 6.07 Å². The van der Waals surface area contributed by atoms with Crippen molar-refractivity contribution < 1.29 is 17.9 Å². The van der Waals surface area contributed by atoms with Gasteiger partial charge in [-0.2, -0.15) is 0 Å². The van der Waals surface area contributed by atoms with E-state index in [-0.39, 0.29) is 4.90 Å². The van der Waals surface area contributed by atoms with Crippen molar-refractivity contribution in [3.8, 4) is 0 Å². The number of hydrogen-bond acceptors (Lipinski definition) is 4. The van der Waals surface area contributed by atoms with E-state index < -0.39 is 27.2 Å². The number of hydrogen-bond donors (Lipinski definition) is 0. The number of carbonyl (C=O) groups is 1. The van der Waals surface area contributed by atoms with E-state index in [0.717, 1.165) is 11.1 Å². The Labute approximate surface area is 114 Å². The van der Waals surface area contributed by atoms with E-state index in [1.165, 1.54) is 0 Å². The maximum atomic E-state index is 12.1. The molecule has 5 heteroatoms. The molecule has 0 aliphatic rings. The second-order valence-electron chi connectivity index (χ2n) is 5.67. The predicted molar refractivity (Wildman–Crippen MR) is 73.8 cm³/mol. The molecule has 4 nitrogen and oxygen atoms in total. The molecule has 1 aromatic carbocycles. The average molecular weight is 284 g/mol. The van der Waals surface area contributed by atoms with Crippen LogP contribution in [-0.2, 0) is 19.4 Å². The summed E-state index contributed by atoms with van der Waals surface area (Å²) in [5.74, 6) is -1.36. The van der Waals surface area contributed by atoms with Crippen LogP contribution in [0.4, 0.5) is 0 Å². The SMILES string of the molecule is Cc1cc(C)cc(S(=O)(=O)CC(=O)OC(C)(C)C)c1. The molecule has 0 amide bonds. The van der Waals surface area contributed by atoms with Gasteiger partial charge in [0.2, 0.25) is 0 Å². The molecule has 0 aliphatic heterocycles. The summed E-state index contributed by atoms with van der Waals surface area (Å²) in [6.07, 6.45) is 0. The highest BCUT2D eigenvalue weighted by Crippen LogP contribution is 2.17. The number of carbonyl (C=O) groups excluding carboxylic acids is 1. The van der Waals surface area contributed by atoms with Crippen LogP contribution < -0.4 is 0 Å². The van der Waals surface area contributed by atoms with Crippen molar-refractivity contribution in [2.45, 2.75) is 45.1 Å². The summed E-state index contributed by atoms with van der Waals surface area (Å²) in [5, 5.41) is 0. The molecule has 19 heavy (non-hydrogen) atoms. The highest BCUT2D eigenvalue weighted by atomic mass is 32.2. The molecule has 0 spiro atoms. The number of sulfone groups is 1. The minimum atomic E-state index is -3.65. The van der Waals surface area contributed by atoms with Crippen LogP contribution in [-0.4, -0.2) is 25.7 Å². The fraction of sp³-hybridized carbons (Fsp3) is 0.500. The van der Waals surface area contributed by atoms with Crippen LogP contribution in [0.2, 0.25) is 0 Å². The lowest BCUT2D eigenvalue weighted by molar-refractivity contribution is -0.151. The van der Waals surface area contributed by atoms with Gasteiger partial charge in [0.05, 0.1) is 4.90 Å². The minimum absolute atomic E-state index is 0.163. The van der Waals surface area contributed by atoms with Crippen LogP contribution >= 0.6 is 0 Å². The van der Waals surface area contributed by atoms with Gasteiger partial charge in [-0.05, 0) is 57.9 Å². The molecule has 0 saturated carbocycles. The van der Waals surface area contributed by atoms with Crippen molar-refractivity contribution in [3.05, 3.63) is 29.3 Å². The van der Waals surface area contributed by atoms with Gasteiger partial charge in [0.15, 0.2) is 15.6 Å². The van der Waals surface area contributed by atoms with Crippen molar-refractivity contribution >= 4 is 15.8 Å². The largest absolute Gasteiger partial charge is 0.459 e. The summed E-state index contributed by atoms with van der Waals surface area (Å²) in [4.78, 5) is 11.8. The molecule has 0 fully saturated rings. The standard InChI is InChI=1S/C14H20O4S/c1-10-6-11(2)8-12(7-10)19(16,17)9-13(15)18-14(3,4)5/h6-8H,9H2,1-5H3. The predicted octanol–water partition coefficient (Wildman–Crippen LogP) is 2.42. The second-order valence-corrected chi connectivity index (χ2v) is 7.66. The number of rotatable bonds is 3. The summed E-state index contributed by atoms with van der Waals surface area (Å²) >= 11 is 0. The normalized spacial score (nSPS) is 12.3. The van der Waals surface area contributed by atoms with E-state index in [0.29, 0.717) is 0 Å².